The number of nitrogens with two attached hydrogens (primary N) is 1. The van der Waals surface area contributed by atoms with Crippen LogP contribution in [0.1, 0.15) is 23.2 Å². The third-order valence-electron chi connectivity index (χ3n) is 3.09. The van der Waals surface area contributed by atoms with Gasteiger partial charge in [-0.25, -0.2) is 18.2 Å². The van der Waals surface area contributed by atoms with E-state index in [2.05, 4.69) is 4.98 Å². The molecule has 9 heteroatoms. The molecule has 0 bridgehead atoms. The van der Waals surface area contributed by atoms with Crippen molar-refractivity contribution in [2.75, 3.05) is 6.54 Å². The predicted molar refractivity (Wildman–Crippen MR) is 67.3 cm³/mol. The number of carbonyl (C=O) groups excluding carboxylic acids is 1. The number of pyridine rings is 1. The first-order valence-electron chi connectivity index (χ1n) is 5.84. The average Bonchev–Trinajstić information content (AvgIpc) is 2.89. The lowest BCUT2D eigenvalue weighted by atomic mass is 10.2. The Hall–Kier alpha value is -2.00. The van der Waals surface area contributed by atoms with Crippen LogP contribution in [0.4, 0.5) is 0 Å². The van der Waals surface area contributed by atoms with E-state index < -0.39 is 27.9 Å². The van der Waals surface area contributed by atoms with Gasteiger partial charge in [0.1, 0.15) is 6.04 Å². The third kappa shape index (κ3) is 2.49. The van der Waals surface area contributed by atoms with Crippen LogP contribution in [0.5, 0.6) is 0 Å². The summed E-state index contributed by atoms with van der Waals surface area (Å²) in [7, 11) is -3.95. The summed E-state index contributed by atoms with van der Waals surface area (Å²) in [4.78, 5) is 25.6. The number of amides is 1. The summed E-state index contributed by atoms with van der Waals surface area (Å²) < 4.78 is 25.7. The smallest absolute Gasteiger partial charge is 0.337 e. The molecule has 1 unspecified atom stereocenters. The number of sulfonamides is 1. The topological polar surface area (TPSA) is 131 Å². The lowest BCUT2D eigenvalue weighted by molar-refractivity contribution is -0.121. The van der Waals surface area contributed by atoms with Crippen molar-refractivity contribution >= 4 is 21.9 Å². The largest absolute Gasteiger partial charge is 0.478 e. The molecule has 1 aliphatic heterocycles. The van der Waals surface area contributed by atoms with E-state index in [0.29, 0.717) is 12.8 Å². The monoisotopic (exact) mass is 299 g/mol. The van der Waals surface area contributed by atoms with Crippen LogP contribution in [-0.2, 0) is 14.8 Å². The molecule has 2 rings (SSSR count). The SMILES string of the molecule is NC(=O)C1CCCN1S(=O)(=O)c1ccc(C(=O)O)cn1. The molecular weight excluding hydrogens is 286 g/mol. The molecule has 8 nitrogen and oxygen atoms in total. The molecule has 0 radical (unpaired) electrons. The summed E-state index contributed by atoms with van der Waals surface area (Å²) >= 11 is 0. The average molecular weight is 299 g/mol. The number of rotatable bonds is 4. The van der Waals surface area contributed by atoms with Gasteiger partial charge in [0.15, 0.2) is 5.03 Å². The lowest BCUT2D eigenvalue weighted by Crippen LogP contribution is -2.43. The van der Waals surface area contributed by atoms with Gasteiger partial charge in [-0.05, 0) is 25.0 Å². The highest BCUT2D eigenvalue weighted by molar-refractivity contribution is 7.89. The first-order valence-corrected chi connectivity index (χ1v) is 7.28. The van der Waals surface area contributed by atoms with Gasteiger partial charge >= 0.3 is 5.97 Å². The van der Waals surface area contributed by atoms with Gasteiger partial charge < -0.3 is 10.8 Å². The van der Waals surface area contributed by atoms with E-state index in [-0.39, 0.29) is 17.1 Å². The van der Waals surface area contributed by atoms with Crippen LogP contribution in [0.3, 0.4) is 0 Å². The van der Waals surface area contributed by atoms with Crippen LogP contribution in [0.25, 0.3) is 0 Å². The molecule has 0 aromatic carbocycles. The molecule has 1 aliphatic rings. The van der Waals surface area contributed by atoms with E-state index >= 15 is 0 Å². The van der Waals surface area contributed by atoms with Crippen LogP contribution in [0.2, 0.25) is 0 Å². The van der Waals surface area contributed by atoms with E-state index in [0.717, 1.165) is 22.6 Å². The summed E-state index contributed by atoms with van der Waals surface area (Å²) in [6.45, 7) is 0.193. The van der Waals surface area contributed by atoms with Crippen LogP contribution in [-0.4, -0.2) is 47.3 Å². The highest BCUT2D eigenvalue weighted by Gasteiger charge is 2.39. The van der Waals surface area contributed by atoms with Gasteiger partial charge in [0, 0.05) is 12.7 Å². The Labute approximate surface area is 115 Å². The van der Waals surface area contributed by atoms with Crippen LogP contribution >= 0.6 is 0 Å². The molecule has 1 saturated heterocycles. The fraction of sp³-hybridized carbons (Fsp3) is 0.364. The summed E-state index contributed by atoms with van der Waals surface area (Å²) in [5.74, 6) is -1.90. The van der Waals surface area contributed by atoms with Crippen molar-refractivity contribution in [3.63, 3.8) is 0 Å². The molecule has 0 spiro atoms. The van der Waals surface area contributed by atoms with Gasteiger partial charge in [-0.3, -0.25) is 4.79 Å². The zero-order valence-electron chi connectivity index (χ0n) is 10.4. The normalized spacial score (nSPS) is 19.9. The lowest BCUT2D eigenvalue weighted by Gasteiger charge is -2.20. The summed E-state index contributed by atoms with van der Waals surface area (Å²) in [6.07, 6.45) is 1.88. The molecule has 0 aliphatic carbocycles. The fourth-order valence-corrected chi connectivity index (χ4v) is 3.67. The highest BCUT2D eigenvalue weighted by Crippen LogP contribution is 2.24. The van der Waals surface area contributed by atoms with Gasteiger partial charge in [0.2, 0.25) is 5.91 Å². The number of primary amides is 1. The third-order valence-corrected chi connectivity index (χ3v) is 4.91. The second-order valence-electron chi connectivity index (χ2n) is 4.37. The van der Waals surface area contributed by atoms with Gasteiger partial charge in [-0.15, -0.1) is 0 Å². The van der Waals surface area contributed by atoms with Crippen molar-refractivity contribution in [3.8, 4) is 0 Å². The number of hydrogen-bond acceptors (Lipinski definition) is 5. The number of carboxylic acids is 1. The van der Waals surface area contributed by atoms with Gasteiger partial charge in [0.05, 0.1) is 5.56 Å². The van der Waals surface area contributed by atoms with E-state index in [9.17, 15) is 18.0 Å². The maximum absolute atomic E-state index is 12.3. The van der Waals surface area contributed by atoms with Crippen molar-refractivity contribution in [1.29, 1.82) is 0 Å². The number of aromatic nitrogens is 1. The molecule has 1 aromatic rings. The second-order valence-corrected chi connectivity index (χ2v) is 6.20. The summed E-state index contributed by atoms with van der Waals surface area (Å²) in [5.41, 5.74) is 5.07. The minimum absolute atomic E-state index is 0.114. The van der Waals surface area contributed by atoms with Crippen LogP contribution < -0.4 is 5.73 Å². The molecule has 1 amide bonds. The fourth-order valence-electron chi connectivity index (χ4n) is 2.09. The van der Waals surface area contributed by atoms with E-state index in [1.807, 2.05) is 0 Å². The number of carboxylic acid groups (broad SMARTS) is 1. The number of hydrogen-bond donors (Lipinski definition) is 2. The molecule has 108 valence electrons. The van der Waals surface area contributed by atoms with Crippen molar-refractivity contribution in [2.45, 2.75) is 23.9 Å². The Morgan fingerprint density at radius 1 is 1.40 bits per heavy atom. The standard InChI is InChI=1S/C11H13N3O5S/c12-10(15)8-2-1-5-14(8)20(18,19)9-4-3-7(6-13-9)11(16)17/h3-4,6,8H,1-2,5H2,(H2,12,15)(H,16,17). The maximum Gasteiger partial charge on any atom is 0.337 e. The molecular formula is C11H13N3O5S. The first-order chi connectivity index (χ1) is 9.34. The molecule has 3 N–H and O–H groups in total. The van der Waals surface area contributed by atoms with Gasteiger partial charge in [0.25, 0.3) is 10.0 Å². The van der Waals surface area contributed by atoms with E-state index in [1.54, 1.807) is 0 Å². The zero-order chi connectivity index (χ0) is 14.9. The van der Waals surface area contributed by atoms with Gasteiger partial charge in [-0.2, -0.15) is 4.31 Å². The van der Waals surface area contributed by atoms with Gasteiger partial charge in [-0.1, -0.05) is 0 Å². The van der Waals surface area contributed by atoms with Crippen molar-refractivity contribution in [1.82, 2.24) is 9.29 Å². The van der Waals surface area contributed by atoms with Crippen LogP contribution in [0, 0.1) is 0 Å². The molecule has 20 heavy (non-hydrogen) atoms. The Bertz CT molecular complexity index is 641. The van der Waals surface area contributed by atoms with E-state index in [4.69, 9.17) is 10.8 Å². The minimum Gasteiger partial charge on any atom is -0.478 e. The number of nitrogens with zero attached hydrogens (tertiary/aromatic N) is 2. The Kier molecular flexibility index (Phi) is 3.73. The quantitative estimate of drug-likeness (QED) is 0.764. The van der Waals surface area contributed by atoms with Crippen molar-refractivity contribution < 1.29 is 23.1 Å². The number of aromatic carboxylic acids is 1. The van der Waals surface area contributed by atoms with Crippen LogP contribution in [0.15, 0.2) is 23.4 Å². The van der Waals surface area contributed by atoms with E-state index in [1.165, 1.54) is 0 Å². The first kappa shape index (κ1) is 14.4. The molecule has 2 heterocycles. The Balaban J connectivity index is 2.35. The Morgan fingerprint density at radius 3 is 2.60 bits per heavy atom. The zero-order valence-corrected chi connectivity index (χ0v) is 11.2. The molecule has 1 fully saturated rings. The second kappa shape index (κ2) is 5.17. The molecule has 0 saturated carbocycles. The molecule has 1 aromatic heterocycles. The minimum atomic E-state index is -3.95. The van der Waals surface area contributed by atoms with Crippen molar-refractivity contribution in [2.24, 2.45) is 5.73 Å². The Morgan fingerprint density at radius 2 is 2.10 bits per heavy atom. The maximum atomic E-state index is 12.3. The molecule has 1 atom stereocenters. The highest BCUT2D eigenvalue weighted by atomic mass is 32.2. The summed E-state index contributed by atoms with van der Waals surface area (Å²) in [5, 5.41) is 8.45. The number of carbonyl (C=O) groups is 2. The summed E-state index contributed by atoms with van der Waals surface area (Å²) in [6, 6.07) is 1.38. The van der Waals surface area contributed by atoms with Crippen molar-refractivity contribution in [3.05, 3.63) is 23.9 Å². The predicted octanol–water partition coefficient (Wildman–Crippen LogP) is -0.582.